The van der Waals surface area contributed by atoms with Gasteiger partial charge < -0.3 is 15.4 Å². The summed E-state index contributed by atoms with van der Waals surface area (Å²) in [6, 6.07) is 17.4. The number of amides is 2. The van der Waals surface area contributed by atoms with Gasteiger partial charge in [0.1, 0.15) is 5.75 Å². The van der Waals surface area contributed by atoms with Crippen LogP contribution in [0.4, 0.5) is 5.69 Å². The van der Waals surface area contributed by atoms with Crippen molar-refractivity contribution in [3.63, 3.8) is 0 Å². The number of ether oxygens (including phenoxy) is 1. The van der Waals surface area contributed by atoms with Gasteiger partial charge in [-0.1, -0.05) is 41.9 Å². The molecule has 2 amide bonds. The first-order valence-electron chi connectivity index (χ1n) is 9.03. The van der Waals surface area contributed by atoms with Crippen LogP contribution in [0.3, 0.4) is 0 Å². The summed E-state index contributed by atoms with van der Waals surface area (Å²) in [5, 5.41) is 5.99. The van der Waals surface area contributed by atoms with Crippen LogP contribution in [0, 0.1) is 0 Å². The molecule has 1 aromatic heterocycles. The highest BCUT2D eigenvalue weighted by Gasteiger charge is 2.19. The third-order valence-corrected chi connectivity index (χ3v) is 4.43. The Labute approximate surface area is 173 Å². The lowest BCUT2D eigenvalue weighted by Crippen LogP contribution is -2.31. The van der Waals surface area contributed by atoms with E-state index in [0.29, 0.717) is 28.6 Å². The first-order valence-corrected chi connectivity index (χ1v) is 9.40. The minimum absolute atomic E-state index is 0.301. The van der Waals surface area contributed by atoms with Gasteiger partial charge in [0, 0.05) is 18.9 Å². The quantitative estimate of drug-likeness (QED) is 0.616. The van der Waals surface area contributed by atoms with Crippen molar-refractivity contribution in [3.8, 4) is 5.75 Å². The number of hydrogen-bond acceptors (Lipinski definition) is 4. The molecular weight excluding hydrogens is 390 g/mol. The molecule has 3 aromatic rings. The van der Waals surface area contributed by atoms with Crippen LogP contribution < -0.4 is 15.4 Å². The Hall–Kier alpha value is -3.38. The number of carbonyl (C=O) groups is 2. The number of aromatic nitrogens is 1. The molecule has 0 fully saturated rings. The van der Waals surface area contributed by atoms with E-state index in [0.717, 1.165) is 5.56 Å². The molecule has 0 saturated carbocycles. The van der Waals surface area contributed by atoms with Gasteiger partial charge in [0.05, 0.1) is 16.3 Å². The van der Waals surface area contributed by atoms with Gasteiger partial charge in [0.15, 0.2) is 6.10 Å². The summed E-state index contributed by atoms with van der Waals surface area (Å²) in [5.41, 5.74) is 1.63. The highest BCUT2D eigenvalue weighted by atomic mass is 35.5. The molecular formula is C22H20ClN3O3. The highest BCUT2D eigenvalue weighted by Crippen LogP contribution is 2.24. The summed E-state index contributed by atoms with van der Waals surface area (Å²) in [6.07, 6.45) is 2.55. The van der Waals surface area contributed by atoms with Gasteiger partial charge in [0.2, 0.25) is 0 Å². The topological polar surface area (TPSA) is 80.3 Å². The molecule has 0 saturated heterocycles. The molecule has 0 aliphatic rings. The van der Waals surface area contributed by atoms with Crippen molar-refractivity contribution in [2.24, 2.45) is 0 Å². The summed E-state index contributed by atoms with van der Waals surface area (Å²) >= 11 is 6.07. The maximum absolute atomic E-state index is 12.6. The monoisotopic (exact) mass is 409 g/mol. The predicted octanol–water partition coefficient (Wildman–Crippen LogP) is 4.07. The number of hydrogen-bond donors (Lipinski definition) is 2. The van der Waals surface area contributed by atoms with Crippen molar-refractivity contribution < 1.29 is 14.3 Å². The highest BCUT2D eigenvalue weighted by molar-refractivity contribution is 6.32. The molecule has 148 valence electrons. The third-order valence-electron chi connectivity index (χ3n) is 4.12. The van der Waals surface area contributed by atoms with Crippen molar-refractivity contribution in [2.45, 2.75) is 19.6 Å². The fraction of sp³-hybridized carbons (Fsp3) is 0.136. The van der Waals surface area contributed by atoms with E-state index in [-0.39, 0.29) is 5.91 Å². The molecule has 0 bridgehead atoms. The second-order valence-electron chi connectivity index (χ2n) is 6.27. The smallest absolute Gasteiger partial charge is 0.265 e. The summed E-state index contributed by atoms with van der Waals surface area (Å²) in [4.78, 5) is 29.2. The van der Waals surface area contributed by atoms with E-state index in [4.69, 9.17) is 16.3 Å². The summed E-state index contributed by atoms with van der Waals surface area (Å²) in [6.45, 7) is 1.95. The molecule has 1 atom stereocenters. The molecule has 0 radical (unpaired) electrons. The van der Waals surface area contributed by atoms with Gasteiger partial charge in [-0.25, -0.2) is 0 Å². The van der Waals surface area contributed by atoms with Crippen LogP contribution in [0.5, 0.6) is 5.75 Å². The summed E-state index contributed by atoms with van der Waals surface area (Å²) < 4.78 is 5.63. The van der Waals surface area contributed by atoms with E-state index in [1.165, 1.54) is 0 Å². The predicted molar refractivity (Wildman–Crippen MR) is 112 cm³/mol. The van der Waals surface area contributed by atoms with Crippen LogP contribution >= 0.6 is 11.6 Å². The van der Waals surface area contributed by atoms with Gasteiger partial charge >= 0.3 is 0 Å². The summed E-state index contributed by atoms with van der Waals surface area (Å²) in [5.74, 6) is -0.277. The number of carbonyl (C=O) groups excluding carboxylic acids is 2. The van der Waals surface area contributed by atoms with Crippen LogP contribution in [0.25, 0.3) is 0 Å². The maximum Gasteiger partial charge on any atom is 0.265 e. The van der Waals surface area contributed by atoms with Gasteiger partial charge in [-0.15, -0.1) is 0 Å². The zero-order valence-electron chi connectivity index (χ0n) is 15.8. The van der Waals surface area contributed by atoms with Crippen molar-refractivity contribution >= 4 is 29.1 Å². The number of benzene rings is 2. The van der Waals surface area contributed by atoms with Crippen LogP contribution in [-0.4, -0.2) is 22.9 Å². The zero-order chi connectivity index (χ0) is 20.6. The number of para-hydroxylation sites is 2. The molecule has 2 aromatic carbocycles. The van der Waals surface area contributed by atoms with Crippen molar-refractivity contribution in [1.82, 2.24) is 10.3 Å². The number of nitrogens with zero attached hydrogens (tertiary/aromatic N) is 1. The van der Waals surface area contributed by atoms with Crippen molar-refractivity contribution in [1.29, 1.82) is 0 Å². The number of nitrogens with one attached hydrogen (secondary N) is 2. The van der Waals surface area contributed by atoms with Crippen LogP contribution in [0.15, 0.2) is 73.1 Å². The van der Waals surface area contributed by atoms with E-state index in [1.54, 1.807) is 73.9 Å². The number of rotatable bonds is 7. The van der Waals surface area contributed by atoms with E-state index in [1.807, 2.05) is 6.07 Å². The van der Waals surface area contributed by atoms with Crippen LogP contribution in [-0.2, 0) is 11.3 Å². The third kappa shape index (κ3) is 5.56. The van der Waals surface area contributed by atoms with Gasteiger partial charge in [-0.2, -0.15) is 0 Å². The Morgan fingerprint density at radius 3 is 2.59 bits per heavy atom. The Morgan fingerprint density at radius 1 is 1.07 bits per heavy atom. The first-order chi connectivity index (χ1) is 14.0. The standard InChI is InChI=1S/C22H20ClN3O3/c1-15(29-20-11-5-3-9-18(20)23)21(27)26-19-10-4-2-8-17(19)22(28)25-14-16-7-6-12-24-13-16/h2-13,15H,14H2,1H3,(H,25,28)(H,26,27)/t15-/m1/s1. The van der Waals surface area contributed by atoms with E-state index in [2.05, 4.69) is 15.6 Å². The van der Waals surface area contributed by atoms with Crippen LogP contribution in [0.2, 0.25) is 5.02 Å². The second-order valence-corrected chi connectivity index (χ2v) is 6.68. The minimum atomic E-state index is -0.804. The molecule has 0 aliphatic carbocycles. The Kier molecular flexibility index (Phi) is 6.81. The zero-order valence-corrected chi connectivity index (χ0v) is 16.5. The van der Waals surface area contributed by atoms with E-state index < -0.39 is 12.0 Å². The average molecular weight is 410 g/mol. The Balaban J connectivity index is 1.65. The lowest BCUT2D eigenvalue weighted by atomic mass is 10.1. The average Bonchev–Trinajstić information content (AvgIpc) is 2.74. The second kappa shape index (κ2) is 9.71. The minimum Gasteiger partial charge on any atom is -0.479 e. The molecule has 2 N–H and O–H groups in total. The van der Waals surface area contributed by atoms with Gasteiger partial charge in [0.25, 0.3) is 11.8 Å². The molecule has 0 aliphatic heterocycles. The SMILES string of the molecule is C[C@@H](Oc1ccccc1Cl)C(=O)Nc1ccccc1C(=O)NCc1cccnc1. The lowest BCUT2D eigenvalue weighted by molar-refractivity contribution is -0.122. The Bertz CT molecular complexity index is 995. The molecule has 1 heterocycles. The molecule has 6 nitrogen and oxygen atoms in total. The fourth-order valence-corrected chi connectivity index (χ4v) is 2.77. The van der Waals surface area contributed by atoms with Gasteiger partial charge in [-0.05, 0) is 42.8 Å². The van der Waals surface area contributed by atoms with Gasteiger partial charge in [-0.3, -0.25) is 14.6 Å². The van der Waals surface area contributed by atoms with E-state index in [9.17, 15) is 9.59 Å². The lowest BCUT2D eigenvalue weighted by Gasteiger charge is -2.17. The normalized spacial score (nSPS) is 11.4. The Morgan fingerprint density at radius 2 is 1.83 bits per heavy atom. The van der Waals surface area contributed by atoms with Crippen molar-refractivity contribution in [2.75, 3.05) is 5.32 Å². The molecule has 0 unspecified atom stereocenters. The molecule has 3 rings (SSSR count). The number of halogens is 1. The molecule has 7 heteroatoms. The van der Waals surface area contributed by atoms with Crippen molar-refractivity contribution in [3.05, 3.63) is 89.2 Å². The molecule has 29 heavy (non-hydrogen) atoms. The summed E-state index contributed by atoms with van der Waals surface area (Å²) in [7, 11) is 0. The maximum atomic E-state index is 12.6. The van der Waals surface area contributed by atoms with Crippen LogP contribution in [0.1, 0.15) is 22.8 Å². The first kappa shape index (κ1) is 20.4. The fourth-order valence-electron chi connectivity index (χ4n) is 2.59. The van der Waals surface area contributed by atoms with E-state index >= 15 is 0 Å². The number of anilines is 1. The largest absolute Gasteiger partial charge is 0.479 e. The molecule has 0 spiro atoms. The number of pyridine rings is 1.